The average Bonchev–Trinajstić information content (AvgIpc) is 2.92. The molecule has 1 heterocycles. The first-order valence-corrected chi connectivity index (χ1v) is 6.15. The highest BCUT2D eigenvalue weighted by atomic mass is 35.5. The van der Waals surface area contributed by atoms with Crippen LogP contribution in [0, 0.1) is 6.92 Å². The molecule has 0 saturated heterocycles. The van der Waals surface area contributed by atoms with Gasteiger partial charge in [-0.15, -0.1) is 0 Å². The fourth-order valence-electron chi connectivity index (χ4n) is 1.60. The Bertz CT molecular complexity index is 711. The zero-order valence-electron chi connectivity index (χ0n) is 11.1. The van der Waals surface area contributed by atoms with Gasteiger partial charge < -0.3 is 19.7 Å². The van der Waals surface area contributed by atoms with E-state index in [9.17, 15) is 9.59 Å². The molecule has 1 amide bonds. The van der Waals surface area contributed by atoms with Gasteiger partial charge in [-0.25, -0.2) is 4.79 Å². The van der Waals surface area contributed by atoms with Crippen LogP contribution in [0.1, 0.15) is 26.6 Å². The van der Waals surface area contributed by atoms with Crippen LogP contribution in [0.25, 0.3) is 0 Å². The van der Waals surface area contributed by atoms with Gasteiger partial charge in [-0.2, -0.15) is 0 Å². The van der Waals surface area contributed by atoms with Crippen molar-refractivity contribution >= 4 is 29.2 Å². The lowest BCUT2D eigenvalue weighted by molar-refractivity contribution is 0.0651. The zero-order valence-corrected chi connectivity index (χ0v) is 11.9. The Morgan fingerprint density at radius 3 is 2.67 bits per heavy atom. The minimum atomic E-state index is -1.30. The van der Waals surface area contributed by atoms with Crippen molar-refractivity contribution in [2.45, 2.75) is 6.92 Å². The largest absolute Gasteiger partial charge is 0.495 e. The van der Waals surface area contributed by atoms with Gasteiger partial charge in [0.25, 0.3) is 5.91 Å². The molecule has 0 saturated carbocycles. The van der Waals surface area contributed by atoms with Crippen molar-refractivity contribution in [2.24, 2.45) is 0 Å². The Morgan fingerprint density at radius 1 is 1.38 bits per heavy atom. The molecule has 21 heavy (non-hydrogen) atoms. The molecule has 2 aromatic rings. The highest BCUT2D eigenvalue weighted by Gasteiger charge is 2.18. The molecular formula is C13H11ClN2O5. The van der Waals surface area contributed by atoms with E-state index in [0.717, 1.165) is 11.6 Å². The minimum Gasteiger partial charge on any atom is -0.495 e. The number of rotatable bonds is 4. The Morgan fingerprint density at radius 2 is 2.10 bits per heavy atom. The number of carboxylic acids is 1. The van der Waals surface area contributed by atoms with Crippen LogP contribution in [0.3, 0.4) is 0 Å². The van der Waals surface area contributed by atoms with E-state index in [-0.39, 0.29) is 5.69 Å². The second-order valence-corrected chi connectivity index (χ2v) is 4.54. The fourth-order valence-corrected chi connectivity index (χ4v) is 1.75. The number of ether oxygens (including phenoxy) is 1. The number of amides is 1. The summed E-state index contributed by atoms with van der Waals surface area (Å²) in [6, 6.07) is 4.24. The van der Waals surface area contributed by atoms with Gasteiger partial charge in [-0.1, -0.05) is 16.8 Å². The van der Waals surface area contributed by atoms with Crippen molar-refractivity contribution in [3.63, 3.8) is 0 Å². The molecule has 1 aromatic heterocycles. The lowest BCUT2D eigenvalue weighted by atomic mass is 10.2. The predicted molar refractivity (Wildman–Crippen MR) is 74.2 cm³/mol. The maximum Gasteiger partial charge on any atom is 0.374 e. The summed E-state index contributed by atoms with van der Waals surface area (Å²) in [7, 11) is 1.44. The van der Waals surface area contributed by atoms with Gasteiger partial charge in [-0.3, -0.25) is 4.79 Å². The van der Waals surface area contributed by atoms with E-state index in [1.54, 1.807) is 19.1 Å². The second-order valence-electron chi connectivity index (χ2n) is 4.14. The smallest absolute Gasteiger partial charge is 0.374 e. The number of aromatic nitrogens is 1. The normalized spacial score (nSPS) is 10.2. The van der Waals surface area contributed by atoms with E-state index >= 15 is 0 Å². The standard InChI is InChI=1S/C13H11ClN2O5/c1-6-3-8(10(20-2)4-7(6)14)15-12(17)9-5-11(13(18)19)21-16-9/h3-5H,1-2H3,(H,15,17)(H,18,19). The van der Waals surface area contributed by atoms with Gasteiger partial charge in [0.05, 0.1) is 12.8 Å². The molecule has 7 nitrogen and oxygen atoms in total. The number of carboxylic acid groups (broad SMARTS) is 1. The maximum absolute atomic E-state index is 12.0. The maximum atomic E-state index is 12.0. The number of hydrogen-bond acceptors (Lipinski definition) is 5. The van der Waals surface area contributed by atoms with E-state index in [2.05, 4.69) is 15.0 Å². The number of carbonyl (C=O) groups excluding carboxylic acids is 1. The van der Waals surface area contributed by atoms with Crippen LogP contribution in [0.2, 0.25) is 5.02 Å². The Kier molecular flexibility index (Phi) is 4.13. The van der Waals surface area contributed by atoms with E-state index < -0.39 is 17.6 Å². The van der Waals surface area contributed by atoms with E-state index in [0.29, 0.717) is 16.5 Å². The molecule has 0 fully saturated rings. The summed E-state index contributed by atoms with van der Waals surface area (Å²) < 4.78 is 9.65. The molecule has 0 bridgehead atoms. The molecule has 110 valence electrons. The summed E-state index contributed by atoms with van der Waals surface area (Å²) in [5.74, 6) is -1.96. The molecule has 1 aromatic carbocycles. The molecule has 0 radical (unpaired) electrons. The first-order chi connectivity index (χ1) is 9.92. The van der Waals surface area contributed by atoms with Crippen LogP contribution >= 0.6 is 11.6 Å². The quantitative estimate of drug-likeness (QED) is 0.900. The summed E-state index contributed by atoms with van der Waals surface area (Å²) in [5, 5.41) is 15.2. The van der Waals surface area contributed by atoms with Gasteiger partial charge in [0, 0.05) is 17.2 Å². The molecule has 0 aliphatic carbocycles. The number of nitrogens with one attached hydrogen (secondary N) is 1. The second kappa shape index (κ2) is 5.84. The Labute approximate surface area is 124 Å². The van der Waals surface area contributed by atoms with Gasteiger partial charge in [0.15, 0.2) is 5.69 Å². The topological polar surface area (TPSA) is 102 Å². The van der Waals surface area contributed by atoms with Crippen LogP contribution in [0.5, 0.6) is 5.75 Å². The molecule has 8 heteroatoms. The molecule has 0 atom stereocenters. The summed E-state index contributed by atoms with van der Waals surface area (Å²) >= 11 is 5.97. The number of anilines is 1. The third kappa shape index (κ3) is 3.14. The number of carbonyl (C=O) groups is 2. The van der Waals surface area contributed by atoms with Gasteiger partial charge in [0.2, 0.25) is 5.76 Å². The summed E-state index contributed by atoms with van der Waals surface area (Å²) in [4.78, 5) is 22.7. The van der Waals surface area contributed by atoms with Crippen LogP contribution in [-0.2, 0) is 0 Å². The number of hydrogen-bond donors (Lipinski definition) is 2. The lowest BCUT2D eigenvalue weighted by Gasteiger charge is -2.11. The zero-order chi connectivity index (χ0) is 15.6. The molecule has 0 spiro atoms. The van der Waals surface area contributed by atoms with Crippen molar-refractivity contribution in [1.29, 1.82) is 0 Å². The number of aryl methyl sites for hydroxylation is 1. The molecule has 0 aliphatic heterocycles. The van der Waals surface area contributed by atoms with Crippen molar-refractivity contribution < 1.29 is 24.0 Å². The Balaban J connectivity index is 2.26. The van der Waals surface area contributed by atoms with E-state index in [1.165, 1.54) is 7.11 Å². The number of methoxy groups -OCH3 is 1. The van der Waals surface area contributed by atoms with Crippen molar-refractivity contribution in [3.8, 4) is 5.75 Å². The van der Waals surface area contributed by atoms with Crippen molar-refractivity contribution in [2.75, 3.05) is 12.4 Å². The predicted octanol–water partition coefficient (Wildman–Crippen LogP) is 2.60. The first-order valence-electron chi connectivity index (χ1n) is 5.78. The minimum absolute atomic E-state index is 0.151. The number of aromatic carboxylic acids is 1. The molecule has 0 unspecified atom stereocenters. The van der Waals surface area contributed by atoms with Crippen LogP contribution in [0.15, 0.2) is 22.7 Å². The first kappa shape index (κ1) is 14.9. The SMILES string of the molecule is COc1cc(Cl)c(C)cc1NC(=O)c1cc(C(=O)O)on1. The van der Waals surface area contributed by atoms with Crippen LogP contribution in [-0.4, -0.2) is 29.2 Å². The van der Waals surface area contributed by atoms with Crippen LogP contribution in [0.4, 0.5) is 5.69 Å². The molecule has 2 N–H and O–H groups in total. The van der Waals surface area contributed by atoms with Gasteiger partial charge in [-0.05, 0) is 18.6 Å². The highest BCUT2D eigenvalue weighted by molar-refractivity contribution is 6.31. The van der Waals surface area contributed by atoms with Gasteiger partial charge in [0.1, 0.15) is 5.75 Å². The average molecular weight is 311 g/mol. The monoisotopic (exact) mass is 310 g/mol. The summed E-state index contributed by atoms with van der Waals surface area (Å²) in [5.41, 5.74) is 0.991. The van der Waals surface area contributed by atoms with Gasteiger partial charge >= 0.3 is 5.97 Å². The Hall–Kier alpha value is -2.54. The van der Waals surface area contributed by atoms with Crippen LogP contribution < -0.4 is 10.1 Å². The lowest BCUT2D eigenvalue weighted by Crippen LogP contribution is -2.13. The number of benzene rings is 1. The summed E-state index contributed by atoms with van der Waals surface area (Å²) in [6.07, 6.45) is 0. The molecule has 2 rings (SSSR count). The molecule has 0 aliphatic rings. The number of halogens is 1. The number of nitrogens with zero attached hydrogens (tertiary/aromatic N) is 1. The summed E-state index contributed by atoms with van der Waals surface area (Å²) in [6.45, 7) is 1.77. The highest BCUT2D eigenvalue weighted by Crippen LogP contribution is 2.31. The van der Waals surface area contributed by atoms with Crippen molar-refractivity contribution in [1.82, 2.24) is 5.16 Å². The third-order valence-electron chi connectivity index (χ3n) is 2.68. The molecular weight excluding hydrogens is 300 g/mol. The third-order valence-corrected chi connectivity index (χ3v) is 3.09. The van der Waals surface area contributed by atoms with E-state index in [4.69, 9.17) is 21.4 Å². The van der Waals surface area contributed by atoms with E-state index in [1.807, 2.05) is 0 Å². The fraction of sp³-hybridized carbons (Fsp3) is 0.154. The van der Waals surface area contributed by atoms with Crippen molar-refractivity contribution in [3.05, 3.63) is 40.2 Å².